The fraction of sp³-hybridized carbons (Fsp3) is 0.0667. The van der Waals surface area contributed by atoms with Crippen LogP contribution in [-0.4, -0.2) is 17.0 Å². The highest BCUT2D eigenvalue weighted by Crippen LogP contribution is 2.30. The minimum Gasteiger partial charge on any atom is -0.478 e. The van der Waals surface area contributed by atoms with E-state index in [1.54, 1.807) is 30.3 Å². The zero-order chi connectivity index (χ0) is 15.4. The predicted octanol–water partition coefficient (Wildman–Crippen LogP) is 2.72. The predicted molar refractivity (Wildman–Crippen MR) is 78.6 cm³/mol. The third-order valence-electron chi connectivity index (χ3n) is 2.68. The zero-order valence-electron chi connectivity index (χ0n) is 11.3. The Kier molecular flexibility index (Phi) is 4.08. The van der Waals surface area contributed by atoms with E-state index in [-0.39, 0.29) is 17.2 Å². The number of amides is 1. The molecule has 0 unspecified atom stereocenters. The highest BCUT2D eigenvalue weighted by molar-refractivity contribution is 5.94. The van der Waals surface area contributed by atoms with Crippen LogP contribution in [0.15, 0.2) is 42.5 Å². The van der Waals surface area contributed by atoms with Gasteiger partial charge in [-0.25, -0.2) is 4.79 Å². The van der Waals surface area contributed by atoms with Crippen molar-refractivity contribution >= 4 is 23.3 Å². The minimum atomic E-state index is -1.13. The normalized spacial score (nSPS) is 9.95. The Bertz CT molecular complexity index is 698. The molecule has 108 valence electrons. The quantitative estimate of drug-likeness (QED) is 0.750. The van der Waals surface area contributed by atoms with E-state index in [1.165, 1.54) is 19.1 Å². The summed E-state index contributed by atoms with van der Waals surface area (Å²) < 4.78 is 5.62. The van der Waals surface area contributed by atoms with E-state index in [2.05, 4.69) is 5.32 Å². The molecule has 0 aliphatic carbocycles. The first kappa shape index (κ1) is 14.4. The number of benzene rings is 2. The molecule has 2 aromatic rings. The maximum Gasteiger partial charge on any atom is 0.337 e. The van der Waals surface area contributed by atoms with E-state index in [1.807, 2.05) is 0 Å². The molecule has 0 atom stereocenters. The van der Waals surface area contributed by atoms with Crippen LogP contribution in [0.2, 0.25) is 0 Å². The van der Waals surface area contributed by atoms with Gasteiger partial charge in [0, 0.05) is 12.6 Å². The van der Waals surface area contributed by atoms with Crippen molar-refractivity contribution in [1.82, 2.24) is 0 Å². The van der Waals surface area contributed by atoms with Crippen molar-refractivity contribution < 1.29 is 19.4 Å². The van der Waals surface area contributed by atoms with E-state index < -0.39 is 5.97 Å². The Morgan fingerprint density at radius 3 is 2.57 bits per heavy atom. The van der Waals surface area contributed by atoms with Gasteiger partial charge >= 0.3 is 5.97 Å². The molecule has 0 bridgehead atoms. The van der Waals surface area contributed by atoms with E-state index in [9.17, 15) is 9.59 Å². The average Bonchev–Trinajstić information content (AvgIpc) is 2.42. The minimum absolute atomic E-state index is 0.0375. The van der Waals surface area contributed by atoms with Crippen LogP contribution in [0.25, 0.3) is 0 Å². The third-order valence-corrected chi connectivity index (χ3v) is 2.68. The highest BCUT2D eigenvalue weighted by Gasteiger charge is 2.11. The number of hydrogen-bond acceptors (Lipinski definition) is 4. The Morgan fingerprint density at radius 2 is 1.90 bits per heavy atom. The zero-order valence-corrected chi connectivity index (χ0v) is 11.3. The summed E-state index contributed by atoms with van der Waals surface area (Å²) in [6.07, 6.45) is 0. The first-order valence-corrected chi connectivity index (χ1v) is 6.14. The lowest BCUT2D eigenvalue weighted by molar-refractivity contribution is -0.114. The molecule has 21 heavy (non-hydrogen) atoms. The molecule has 0 saturated carbocycles. The van der Waals surface area contributed by atoms with Gasteiger partial charge in [-0.1, -0.05) is 12.1 Å². The number of carboxylic acids is 1. The van der Waals surface area contributed by atoms with Crippen LogP contribution in [-0.2, 0) is 4.79 Å². The van der Waals surface area contributed by atoms with Crippen LogP contribution < -0.4 is 15.8 Å². The summed E-state index contributed by atoms with van der Waals surface area (Å²) in [6.45, 7) is 1.39. The lowest BCUT2D eigenvalue weighted by Crippen LogP contribution is -2.07. The molecule has 0 aromatic heterocycles. The molecule has 0 saturated heterocycles. The fourth-order valence-electron chi connectivity index (χ4n) is 1.76. The molecule has 0 fully saturated rings. The van der Waals surface area contributed by atoms with Crippen molar-refractivity contribution in [2.75, 3.05) is 11.1 Å². The van der Waals surface area contributed by atoms with Crippen molar-refractivity contribution in [2.45, 2.75) is 6.92 Å². The fourth-order valence-corrected chi connectivity index (χ4v) is 1.76. The number of nitrogens with one attached hydrogen (secondary N) is 1. The lowest BCUT2D eigenvalue weighted by Gasteiger charge is -2.12. The van der Waals surface area contributed by atoms with Crippen LogP contribution in [0.4, 0.5) is 11.4 Å². The highest BCUT2D eigenvalue weighted by atomic mass is 16.5. The standard InChI is InChI=1S/C15H14N2O4/c1-9(18)17-13-4-2-3-5-14(13)21-10-6-7-12(16)11(8-10)15(19)20/h2-8H,16H2,1H3,(H,17,18)(H,19,20). The number of rotatable bonds is 4. The number of hydrogen-bond donors (Lipinski definition) is 3. The van der Waals surface area contributed by atoms with Crippen LogP contribution in [0.5, 0.6) is 11.5 Å². The number of aromatic carboxylic acids is 1. The molecular formula is C15H14N2O4. The second-order valence-electron chi connectivity index (χ2n) is 4.33. The van der Waals surface area contributed by atoms with Gasteiger partial charge in [0.1, 0.15) is 5.75 Å². The Balaban J connectivity index is 2.32. The molecule has 0 aliphatic rings. The molecule has 6 heteroatoms. The molecule has 0 heterocycles. The molecule has 1 amide bonds. The van der Waals surface area contributed by atoms with Gasteiger partial charge in [-0.05, 0) is 30.3 Å². The topological polar surface area (TPSA) is 102 Å². The summed E-state index contributed by atoms with van der Waals surface area (Å²) in [5.41, 5.74) is 6.20. The van der Waals surface area contributed by atoms with Crippen molar-refractivity contribution in [3.8, 4) is 11.5 Å². The summed E-state index contributed by atoms with van der Waals surface area (Å²) in [5, 5.41) is 11.7. The molecule has 2 rings (SSSR count). The van der Waals surface area contributed by atoms with Gasteiger partial charge in [-0.3, -0.25) is 4.79 Å². The van der Waals surface area contributed by atoms with Crippen molar-refractivity contribution in [1.29, 1.82) is 0 Å². The number of nitrogen functional groups attached to an aromatic ring is 1. The lowest BCUT2D eigenvalue weighted by atomic mass is 10.1. The van der Waals surface area contributed by atoms with Gasteiger partial charge in [0.2, 0.25) is 5.91 Å². The van der Waals surface area contributed by atoms with Crippen LogP contribution in [0.1, 0.15) is 17.3 Å². The number of para-hydroxylation sites is 2. The van der Waals surface area contributed by atoms with Crippen LogP contribution in [0.3, 0.4) is 0 Å². The number of anilines is 2. The number of carbonyl (C=O) groups excluding carboxylic acids is 1. The van der Waals surface area contributed by atoms with Gasteiger partial charge in [0.25, 0.3) is 0 Å². The maximum atomic E-state index is 11.1. The van der Waals surface area contributed by atoms with Crippen LogP contribution >= 0.6 is 0 Å². The maximum absolute atomic E-state index is 11.1. The molecule has 6 nitrogen and oxygen atoms in total. The monoisotopic (exact) mass is 286 g/mol. The molecule has 2 aromatic carbocycles. The molecule has 4 N–H and O–H groups in total. The summed E-state index contributed by atoms with van der Waals surface area (Å²) in [7, 11) is 0. The summed E-state index contributed by atoms with van der Waals surface area (Å²) in [6, 6.07) is 11.2. The smallest absolute Gasteiger partial charge is 0.337 e. The molecule has 0 spiro atoms. The van der Waals surface area contributed by atoms with Gasteiger partial charge in [-0.2, -0.15) is 0 Å². The molecular weight excluding hydrogens is 272 g/mol. The second-order valence-corrected chi connectivity index (χ2v) is 4.33. The molecule has 0 radical (unpaired) electrons. The van der Waals surface area contributed by atoms with Gasteiger partial charge in [-0.15, -0.1) is 0 Å². The van der Waals surface area contributed by atoms with Crippen molar-refractivity contribution in [3.63, 3.8) is 0 Å². The Hall–Kier alpha value is -3.02. The number of nitrogens with two attached hydrogens (primary N) is 1. The van der Waals surface area contributed by atoms with E-state index >= 15 is 0 Å². The van der Waals surface area contributed by atoms with Crippen molar-refractivity contribution in [3.05, 3.63) is 48.0 Å². The van der Waals surface area contributed by atoms with Crippen LogP contribution in [0, 0.1) is 0 Å². The third kappa shape index (κ3) is 3.50. The summed E-state index contributed by atoms with van der Waals surface area (Å²) >= 11 is 0. The first-order valence-electron chi connectivity index (χ1n) is 6.14. The van der Waals surface area contributed by atoms with Crippen molar-refractivity contribution in [2.24, 2.45) is 0 Å². The van der Waals surface area contributed by atoms with E-state index in [0.717, 1.165) is 0 Å². The number of carboxylic acid groups (broad SMARTS) is 1. The SMILES string of the molecule is CC(=O)Nc1ccccc1Oc1ccc(N)c(C(=O)O)c1. The average molecular weight is 286 g/mol. The van der Waals surface area contributed by atoms with Gasteiger partial charge in [0.15, 0.2) is 5.75 Å². The summed E-state index contributed by atoms with van der Waals surface area (Å²) in [4.78, 5) is 22.2. The van der Waals surface area contributed by atoms with Gasteiger partial charge in [0.05, 0.1) is 11.3 Å². The number of carbonyl (C=O) groups is 2. The van der Waals surface area contributed by atoms with E-state index in [0.29, 0.717) is 17.2 Å². The first-order chi connectivity index (χ1) is 9.97. The molecule has 0 aliphatic heterocycles. The Morgan fingerprint density at radius 1 is 1.19 bits per heavy atom. The largest absolute Gasteiger partial charge is 0.478 e. The van der Waals surface area contributed by atoms with Gasteiger partial charge < -0.3 is 20.9 Å². The summed E-state index contributed by atoms with van der Waals surface area (Å²) in [5.74, 6) is -0.629. The number of ether oxygens (including phenoxy) is 1. The second kappa shape index (κ2) is 5.96. The van der Waals surface area contributed by atoms with E-state index in [4.69, 9.17) is 15.6 Å². The Labute approximate surface area is 121 Å².